The number of benzene rings is 3. The van der Waals surface area contributed by atoms with Crippen molar-refractivity contribution in [1.82, 2.24) is 4.98 Å². The number of fused-ring (bicyclic) bond motifs is 1. The number of ether oxygens (including phenoxy) is 2. The van der Waals surface area contributed by atoms with E-state index in [1.807, 2.05) is 25.1 Å². The molecule has 0 atom stereocenters. The predicted molar refractivity (Wildman–Crippen MR) is 124 cm³/mol. The lowest BCUT2D eigenvalue weighted by Gasteiger charge is -2.18. The monoisotopic (exact) mass is 426 g/mol. The number of anilines is 1. The molecule has 1 heterocycles. The number of hydrogen-bond acceptors (Lipinski definition) is 5. The summed E-state index contributed by atoms with van der Waals surface area (Å²) >= 11 is 0. The highest BCUT2D eigenvalue weighted by atomic mass is 16.5. The van der Waals surface area contributed by atoms with Crippen molar-refractivity contribution in [3.05, 3.63) is 95.7 Å². The molecule has 0 spiro atoms. The van der Waals surface area contributed by atoms with Crippen LogP contribution in [0.2, 0.25) is 0 Å². The van der Waals surface area contributed by atoms with Crippen LogP contribution in [-0.2, 0) is 0 Å². The maximum absolute atomic E-state index is 12.7. The van der Waals surface area contributed by atoms with Gasteiger partial charge in [0.2, 0.25) is 0 Å². The Balaban J connectivity index is 1.46. The van der Waals surface area contributed by atoms with E-state index in [0.717, 1.165) is 16.7 Å². The molecule has 0 unspecified atom stereocenters. The summed E-state index contributed by atoms with van der Waals surface area (Å²) < 4.78 is 10.7. The number of nitrogens with zero attached hydrogens (tertiary/aromatic N) is 2. The quantitative estimate of drug-likeness (QED) is 0.330. The fraction of sp³-hybridized carbons (Fsp3) is 0.115. The molecule has 3 aromatic carbocycles. The molecule has 0 radical (unpaired) electrons. The molecule has 160 valence electrons. The second-order valence-electron chi connectivity index (χ2n) is 7.37. The minimum Gasteiger partial charge on any atom is -0.497 e. The number of rotatable bonds is 5. The molecular weight excluding hydrogens is 404 g/mol. The van der Waals surface area contributed by atoms with Crippen LogP contribution < -0.4 is 14.4 Å². The third-order valence-electron chi connectivity index (χ3n) is 5.14. The van der Waals surface area contributed by atoms with Crippen LogP contribution in [0.5, 0.6) is 11.5 Å². The fourth-order valence-electron chi connectivity index (χ4n) is 3.25. The highest BCUT2D eigenvalue weighted by Crippen LogP contribution is 2.23. The average Bonchev–Trinajstić information content (AvgIpc) is 2.83. The molecule has 1 aromatic heterocycles. The third-order valence-corrected chi connectivity index (χ3v) is 5.14. The molecule has 0 saturated heterocycles. The van der Waals surface area contributed by atoms with Crippen molar-refractivity contribution in [2.45, 2.75) is 6.92 Å². The zero-order valence-corrected chi connectivity index (χ0v) is 18.0. The van der Waals surface area contributed by atoms with Gasteiger partial charge in [-0.25, -0.2) is 9.78 Å². The summed E-state index contributed by atoms with van der Waals surface area (Å²) in [5, 5.41) is 0.867. The highest BCUT2D eigenvalue weighted by Gasteiger charge is 2.15. The van der Waals surface area contributed by atoms with Gasteiger partial charge in [-0.15, -0.1) is 0 Å². The Kier molecular flexibility index (Phi) is 5.85. The minimum absolute atomic E-state index is 0.119. The topological polar surface area (TPSA) is 68.7 Å². The normalized spacial score (nSPS) is 10.6. The summed E-state index contributed by atoms with van der Waals surface area (Å²) in [6.45, 7) is 1.97. The molecule has 0 aliphatic heterocycles. The lowest BCUT2D eigenvalue weighted by Crippen LogP contribution is -2.26. The summed E-state index contributed by atoms with van der Waals surface area (Å²) in [5.74, 6) is 0.415. The number of pyridine rings is 1. The van der Waals surface area contributed by atoms with Crippen LogP contribution in [-0.4, -0.2) is 31.0 Å². The van der Waals surface area contributed by atoms with E-state index >= 15 is 0 Å². The van der Waals surface area contributed by atoms with Crippen LogP contribution in [0.3, 0.4) is 0 Å². The maximum atomic E-state index is 12.7. The Morgan fingerprint density at radius 3 is 2.22 bits per heavy atom. The molecule has 6 nitrogen and oxygen atoms in total. The summed E-state index contributed by atoms with van der Waals surface area (Å²) in [6, 6.07) is 23.0. The summed E-state index contributed by atoms with van der Waals surface area (Å²) in [6.07, 6.45) is 0. The van der Waals surface area contributed by atoms with E-state index < -0.39 is 5.97 Å². The zero-order chi connectivity index (χ0) is 22.7. The molecule has 0 aliphatic rings. The maximum Gasteiger partial charge on any atom is 0.362 e. The van der Waals surface area contributed by atoms with E-state index in [9.17, 15) is 9.59 Å². The molecule has 0 aliphatic carbocycles. The number of carbonyl (C=O) groups excluding carboxylic acids is 2. The number of amides is 1. The van der Waals surface area contributed by atoms with E-state index in [1.54, 1.807) is 79.7 Å². The van der Waals surface area contributed by atoms with Crippen molar-refractivity contribution < 1.29 is 19.1 Å². The summed E-state index contributed by atoms with van der Waals surface area (Å²) in [5.41, 5.74) is 3.27. The Hall–Kier alpha value is -4.19. The minimum atomic E-state index is -0.556. The smallest absolute Gasteiger partial charge is 0.362 e. The molecule has 0 bridgehead atoms. The second kappa shape index (κ2) is 8.89. The summed E-state index contributed by atoms with van der Waals surface area (Å²) in [7, 11) is 3.30. The number of methoxy groups -OCH3 is 1. The Morgan fingerprint density at radius 1 is 0.844 bits per heavy atom. The van der Waals surface area contributed by atoms with Crippen LogP contribution >= 0.6 is 0 Å². The van der Waals surface area contributed by atoms with Crippen molar-refractivity contribution in [3.8, 4) is 11.5 Å². The SMILES string of the molecule is COc1ccc2nc(C(=O)Oc3ccc(N(C)C(=O)c4ccc(C)cc4)cc3)ccc2c1. The van der Waals surface area contributed by atoms with Gasteiger partial charge in [0.15, 0.2) is 0 Å². The number of carbonyl (C=O) groups is 2. The number of aromatic nitrogens is 1. The number of hydrogen-bond donors (Lipinski definition) is 0. The largest absolute Gasteiger partial charge is 0.497 e. The van der Waals surface area contributed by atoms with Crippen molar-refractivity contribution in [1.29, 1.82) is 0 Å². The first-order valence-electron chi connectivity index (χ1n) is 10.1. The van der Waals surface area contributed by atoms with Crippen LogP contribution in [0.4, 0.5) is 5.69 Å². The molecular formula is C26H22N2O4. The van der Waals surface area contributed by atoms with Gasteiger partial charge < -0.3 is 14.4 Å². The summed E-state index contributed by atoms with van der Waals surface area (Å²) in [4.78, 5) is 31.1. The highest BCUT2D eigenvalue weighted by molar-refractivity contribution is 6.05. The first kappa shape index (κ1) is 21.1. The Bertz CT molecular complexity index is 1280. The Labute approximate surface area is 186 Å². The van der Waals surface area contributed by atoms with Crippen molar-refractivity contribution >= 4 is 28.5 Å². The standard InChI is InChI=1S/C26H22N2O4/c1-17-4-6-18(7-5-17)25(29)28(2)20-9-11-21(12-10-20)32-26(30)24-14-8-19-16-22(31-3)13-15-23(19)27-24/h4-16H,1-3H3. The molecule has 4 aromatic rings. The predicted octanol–water partition coefficient (Wildman–Crippen LogP) is 5.05. The fourth-order valence-corrected chi connectivity index (χ4v) is 3.25. The third kappa shape index (κ3) is 4.44. The Morgan fingerprint density at radius 2 is 1.53 bits per heavy atom. The lowest BCUT2D eigenvalue weighted by molar-refractivity contribution is 0.0728. The molecule has 1 amide bonds. The van der Waals surface area contributed by atoms with Gasteiger partial charge in [0.1, 0.15) is 17.2 Å². The van der Waals surface area contributed by atoms with Gasteiger partial charge in [0.05, 0.1) is 12.6 Å². The lowest BCUT2D eigenvalue weighted by atomic mass is 10.1. The molecule has 0 fully saturated rings. The van der Waals surface area contributed by atoms with Crippen molar-refractivity contribution in [2.75, 3.05) is 19.1 Å². The van der Waals surface area contributed by atoms with Crippen LogP contribution in [0, 0.1) is 6.92 Å². The van der Waals surface area contributed by atoms with Gasteiger partial charge in [-0.3, -0.25) is 4.79 Å². The van der Waals surface area contributed by atoms with Crippen LogP contribution in [0.15, 0.2) is 78.9 Å². The number of aryl methyl sites for hydroxylation is 1. The second-order valence-corrected chi connectivity index (χ2v) is 7.37. The van der Waals surface area contributed by atoms with E-state index in [-0.39, 0.29) is 11.6 Å². The van der Waals surface area contributed by atoms with E-state index in [2.05, 4.69) is 4.98 Å². The van der Waals surface area contributed by atoms with E-state index in [4.69, 9.17) is 9.47 Å². The first-order chi connectivity index (χ1) is 15.4. The average molecular weight is 426 g/mol. The van der Waals surface area contributed by atoms with Crippen LogP contribution in [0.1, 0.15) is 26.4 Å². The number of esters is 1. The molecule has 4 rings (SSSR count). The molecule has 6 heteroatoms. The van der Waals surface area contributed by atoms with Gasteiger partial charge >= 0.3 is 5.97 Å². The van der Waals surface area contributed by atoms with Crippen molar-refractivity contribution in [2.24, 2.45) is 0 Å². The van der Waals surface area contributed by atoms with Gasteiger partial charge in [0, 0.05) is 23.7 Å². The van der Waals surface area contributed by atoms with E-state index in [0.29, 0.717) is 22.5 Å². The molecule has 32 heavy (non-hydrogen) atoms. The van der Waals surface area contributed by atoms with Crippen LogP contribution in [0.25, 0.3) is 10.9 Å². The molecule has 0 N–H and O–H groups in total. The zero-order valence-electron chi connectivity index (χ0n) is 18.0. The van der Waals surface area contributed by atoms with Gasteiger partial charge in [0.25, 0.3) is 5.91 Å². The van der Waals surface area contributed by atoms with Gasteiger partial charge in [-0.2, -0.15) is 0 Å². The van der Waals surface area contributed by atoms with Crippen molar-refractivity contribution in [3.63, 3.8) is 0 Å². The first-order valence-corrected chi connectivity index (χ1v) is 10.1. The van der Waals surface area contributed by atoms with Gasteiger partial charge in [-0.1, -0.05) is 23.8 Å². The molecule has 0 saturated carbocycles. The van der Waals surface area contributed by atoms with E-state index in [1.165, 1.54) is 0 Å². The van der Waals surface area contributed by atoms with Gasteiger partial charge in [-0.05, 0) is 67.6 Å².